The summed E-state index contributed by atoms with van der Waals surface area (Å²) in [4.78, 5) is 30.9. The summed E-state index contributed by atoms with van der Waals surface area (Å²) in [6, 6.07) is 6.22. The summed E-state index contributed by atoms with van der Waals surface area (Å²) in [5.41, 5.74) is -1.40. The van der Waals surface area contributed by atoms with Gasteiger partial charge in [0, 0.05) is 11.8 Å². The third-order valence-electron chi connectivity index (χ3n) is 6.32. The van der Waals surface area contributed by atoms with E-state index >= 15 is 0 Å². The molecule has 12 heteroatoms. The fraction of sp³-hybridized carbons (Fsp3) is 0.455. The molecule has 2 aromatic heterocycles. The molecule has 180 valence electrons. The lowest BCUT2D eigenvalue weighted by Crippen LogP contribution is -2.42. The number of hydrogen-bond donors (Lipinski definition) is 0. The minimum atomic E-state index is -4.67. The molecule has 1 aromatic carbocycles. The van der Waals surface area contributed by atoms with Crippen molar-refractivity contribution < 1.29 is 26.7 Å². The van der Waals surface area contributed by atoms with Gasteiger partial charge in [-0.3, -0.25) is 9.36 Å². The lowest BCUT2D eigenvalue weighted by atomic mass is 10.0. The van der Waals surface area contributed by atoms with Crippen LogP contribution in [0.25, 0.3) is 10.9 Å². The number of nitrogens with zero attached hydrogens (tertiary/aromatic N) is 5. The number of aromatic nitrogens is 4. The molecule has 0 N–H and O–H groups in total. The van der Waals surface area contributed by atoms with Gasteiger partial charge in [0.2, 0.25) is 5.91 Å². The van der Waals surface area contributed by atoms with E-state index in [-0.39, 0.29) is 30.7 Å². The van der Waals surface area contributed by atoms with Crippen LogP contribution < -0.4 is 5.69 Å². The SMILES string of the molecule is O=C(C1CCCc2nn(Cc3cc(C(F)(F)F)nc4ccccc34)c(=O)n21)N1CC(F)C(F)C1. The summed E-state index contributed by atoms with van der Waals surface area (Å²) < 4.78 is 69.7. The van der Waals surface area contributed by atoms with Crippen molar-refractivity contribution in [1.82, 2.24) is 24.2 Å². The summed E-state index contributed by atoms with van der Waals surface area (Å²) in [6.45, 7) is -1.01. The number of pyridine rings is 1. The van der Waals surface area contributed by atoms with Crippen molar-refractivity contribution in [1.29, 1.82) is 0 Å². The highest BCUT2D eigenvalue weighted by Crippen LogP contribution is 2.31. The lowest BCUT2D eigenvalue weighted by Gasteiger charge is -2.26. The second-order valence-corrected chi connectivity index (χ2v) is 8.59. The van der Waals surface area contributed by atoms with E-state index in [9.17, 15) is 31.5 Å². The summed E-state index contributed by atoms with van der Waals surface area (Å²) in [6.07, 6.45) is -6.97. The minimum absolute atomic E-state index is 0.132. The summed E-state index contributed by atoms with van der Waals surface area (Å²) >= 11 is 0. The predicted octanol–water partition coefficient (Wildman–Crippen LogP) is 3.06. The van der Waals surface area contributed by atoms with Crippen LogP contribution in [0.3, 0.4) is 0 Å². The molecule has 1 fully saturated rings. The second-order valence-electron chi connectivity index (χ2n) is 8.59. The van der Waals surface area contributed by atoms with Crippen molar-refractivity contribution in [2.24, 2.45) is 0 Å². The van der Waals surface area contributed by atoms with Crippen molar-refractivity contribution in [2.75, 3.05) is 13.1 Å². The van der Waals surface area contributed by atoms with Crippen LogP contribution in [0.15, 0.2) is 35.1 Å². The number of aryl methyl sites for hydroxylation is 1. The molecule has 0 radical (unpaired) electrons. The summed E-state index contributed by atoms with van der Waals surface area (Å²) in [5.74, 6) is -0.240. The van der Waals surface area contributed by atoms with Crippen LogP contribution in [-0.4, -0.2) is 55.6 Å². The van der Waals surface area contributed by atoms with Crippen molar-refractivity contribution >= 4 is 16.8 Å². The van der Waals surface area contributed by atoms with Gasteiger partial charge in [-0.05, 0) is 30.5 Å². The Balaban J connectivity index is 1.52. The third-order valence-corrected chi connectivity index (χ3v) is 6.32. The van der Waals surface area contributed by atoms with Gasteiger partial charge in [0.05, 0.1) is 25.2 Å². The molecule has 0 aliphatic carbocycles. The Morgan fingerprint density at radius 1 is 1.12 bits per heavy atom. The molecule has 2 aliphatic heterocycles. The molecule has 4 heterocycles. The minimum Gasteiger partial charge on any atom is -0.335 e. The molecular weight excluding hydrogens is 461 g/mol. The number of halogens is 5. The van der Waals surface area contributed by atoms with Gasteiger partial charge >= 0.3 is 11.9 Å². The average Bonchev–Trinajstić information content (AvgIpc) is 3.31. The smallest absolute Gasteiger partial charge is 0.335 e. The lowest BCUT2D eigenvalue weighted by molar-refractivity contribution is -0.141. The van der Waals surface area contributed by atoms with Crippen LogP contribution in [0.2, 0.25) is 0 Å². The number of fused-ring (bicyclic) bond motifs is 2. The van der Waals surface area contributed by atoms with Crippen LogP contribution >= 0.6 is 0 Å². The molecule has 5 rings (SSSR count). The average molecular weight is 481 g/mol. The molecule has 3 aromatic rings. The molecular formula is C22H20F5N5O2. The highest BCUT2D eigenvalue weighted by molar-refractivity contribution is 5.82. The van der Waals surface area contributed by atoms with E-state index in [1.165, 1.54) is 10.6 Å². The van der Waals surface area contributed by atoms with Crippen molar-refractivity contribution in [3.8, 4) is 0 Å². The van der Waals surface area contributed by atoms with Crippen LogP contribution in [0.5, 0.6) is 0 Å². The Bertz CT molecular complexity index is 1310. The van der Waals surface area contributed by atoms with E-state index < -0.39 is 41.9 Å². The third kappa shape index (κ3) is 3.84. The topological polar surface area (TPSA) is 73.0 Å². The maximum atomic E-state index is 13.6. The van der Waals surface area contributed by atoms with Crippen LogP contribution in [0.1, 0.15) is 36.0 Å². The van der Waals surface area contributed by atoms with Gasteiger partial charge in [0.15, 0.2) is 12.3 Å². The first-order valence-electron chi connectivity index (χ1n) is 10.8. The van der Waals surface area contributed by atoms with Gasteiger partial charge in [-0.2, -0.15) is 18.3 Å². The van der Waals surface area contributed by atoms with Crippen molar-refractivity contribution in [3.05, 3.63) is 57.9 Å². The first-order chi connectivity index (χ1) is 16.1. The Hall–Kier alpha value is -3.31. The van der Waals surface area contributed by atoms with Gasteiger partial charge < -0.3 is 4.90 Å². The summed E-state index contributed by atoms with van der Waals surface area (Å²) in [5, 5.41) is 4.73. The monoisotopic (exact) mass is 481 g/mol. The number of likely N-dealkylation sites (tertiary alicyclic amines) is 1. The zero-order chi connectivity index (χ0) is 24.2. The number of para-hydroxylation sites is 1. The molecule has 0 spiro atoms. The number of amides is 1. The zero-order valence-corrected chi connectivity index (χ0v) is 17.8. The Morgan fingerprint density at radius 2 is 1.82 bits per heavy atom. The number of alkyl halides is 5. The Labute approximate surface area is 189 Å². The number of benzene rings is 1. The highest BCUT2D eigenvalue weighted by Gasteiger charge is 2.40. The normalized spacial score (nSPS) is 22.9. The predicted molar refractivity (Wildman–Crippen MR) is 111 cm³/mol. The van der Waals surface area contributed by atoms with E-state index in [2.05, 4.69) is 10.1 Å². The number of carbonyl (C=O) groups excluding carboxylic acids is 1. The van der Waals surface area contributed by atoms with Gasteiger partial charge in [0.25, 0.3) is 0 Å². The van der Waals surface area contributed by atoms with E-state index in [4.69, 9.17) is 0 Å². The number of hydrogen-bond acceptors (Lipinski definition) is 4. The molecule has 2 aliphatic rings. The van der Waals surface area contributed by atoms with Gasteiger partial charge in [-0.15, -0.1) is 0 Å². The largest absolute Gasteiger partial charge is 0.433 e. The molecule has 3 atom stereocenters. The Morgan fingerprint density at radius 3 is 2.53 bits per heavy atom. The second kappa shape index (κ2) is 8.17. The van der Waals surface area contributed by atoms with Crippen LogP contribution in [-0.2, 0) is 23.9 Å². The van der Waals surface area contributed by atoms with E-state index in [0.29, 0.717) is 30.5 Å². The molecule has 1 saturated heterocycles. The van der Waals surface area contributed by atoms with Crippen molar-refractivity contribution in [2.45, 2.75) is 50.4 Å². The molecule has 34 heavy (non-hydrogen) atoms. The van der Waals surface area contributed by atoms with E-state index in [1.807, 2.05) is 0 Å². The van der Waals surface area contributed by atoms with E-state index in [0.717, 1.165) is 15.6 Å². The fourth-order valence-electron chi connectivity index (χ4n) is 4.67. The molecule has 3 unspecified atom stereocenters. The van der Waals surface area contributed by atoms with Gasteiger partial charge in [0.1, 0.15) is 17.6 Å². The molecule has 1 amide bonds. The zero-order valence-electron chi connectivity index (χ0n) is 17.8. The quantitative estimate of drug-likeness (QED) is 0.540. The highest BCUT2D eigenvalue weighted by atomic mass is 19.4. The number of carbonyl (C=O) groups is 1. The standard InChI is InChI=1S/C22H20F5N5O2/c23-14-10-30(11-15(14)24)20(33)17-6-3-7-19-29-31(21(34)32(17)19)9-12-8-18(22(25,26)27)28-16-5-2-1-4-13(12)16/h1-2,4-5,8,14-15,17H,3,6-7,9-11H2. The van der Waals surface area contributed by atoms with Crippen LogP contribution in [0.4, 0.5) is 22.0 Å². The van der Waals surface area contributed by atoms with Gasteiger partial charge in [-0.1, -0.05) is 18.2 Å². The molecule has 7 nitrogen and oxygen atoms in total. The fourth-order valence-corrected chi connectivity index (χ4v) is 4.67. The summed E-state index contributed by atoms with van der Waals surface area (Å²) in [7, 11) is 0. The maximum Gasteiger partial charge on any atom is 0.433 e. The molecule has 0 bridgehead atoms. The first-order valence-corrected chi connectivity index (χ1v) is 10.8. The Kier molecular flexibility index (Phi) is 5.40. The maximum absolute atomic E-state index is 13.6. The molecule has 0 saturated carbocycles. The van der Waals surface area contributed by atoms with Gasteiger partial charge in [-0.25, -0.2) is 23.2 Å². The van der Waals surface area contributed by atoms with E-state index in [1.54, 1.807) is 18.2 Å². The van der Waals surface area contributed by atoms with Crippen molar-refractivity contribution in [3.63, 3.8) is 0 Å². The number of rotatable bonds is 3. The first kappa shape index (κ1) is 22.5. The van der Waals surface area contributed by atoms with Crippen LogP contribution in [0, 0.1) is 0 Å².